The predicted molar refractivity (Wildman–Crippen MR) is 74.7 cm³/mol. The molecule has 0 fully saturated rings. The van der Waals surface area contributed by atoms with Crippen LogP contribution in [0.1, 0.15) is 17.7 Å². The quantitative estimate of drug-likeness (QED) is 0.695. The summed E-state index contributed by atoms with van der Waals surface area (Å²) in [6.45, 7) is 2.83. The first-order valence-electron chi connectivity index (χ1n) is 6.09. The van der Waals surface area contributed by atoms with E-state index in [0.29, 0.717) is 13.0 Å². The highest BCUT2D eigenvalue weighted by molar-refractivity contribution is 7.99. The second-order valence-electron chi connectivity index (χ2n) is 4.02. The molecule has 1 rings (SSSR count). The summed E-state index contributed by atoms with van der Waals surface area (Å²) >= 11 is 1.74. The second kappa shape index (κ2) is 8.94. The zero-order chi connectivity index (χ0) is 13.2. The minimum atomic E-state index is 0.0309. The molecule has 0 unspecified atom stereocenters. The normalized spacial score (nSPS) is 10.3. The van der Waals surface area contributed by atoms with E-state index in [1.54, 1.807) is 18.0 Å². The summed E-state index contributed by atoms with van der Waals surface area (Å²) < 4.78 is 0. The minimum Gasteiger partial charge on any atom is -0.396 e. The molecule has 0 aliphatic carbocycles. The summed E-state index contributed by atoms with van der Waals surface area (Å²) in [5.74, 6) is 1.86. The summed E-state index contributed by atoms with van der Waals surface area (Å²) in [7, 11) is 0. The fourth-order valence-corrected chi connectivity index (χ4v) is 2.17. The molecule has 0 spiro atoms. The molecular formula is C13H20N2O2S. The first kappa shape index (κ1) is 15.0. The molecular weight excluding hydrogens is 248 g/mol. The lowest BCUT2D eigenvalue weighted by atomic mass is 10.2. The Hall–Kier alpha value is -1.07. The minimum absolute atomic E-state index is 0.0309. The van der Waals surface area contributed by atoms with Crippen LogP contribution in [0.3, 0.4) is 0 Å². The Bertz CT molecular complexity index is 355. The number of nitrogens with zero attached hydrogens (tertiary/aromatic N) is 1. The Morgan fingerprint density at radius 3 is 2.94 bits per heavy atom. The van der Waals surface area contributed by atoms with Gasteiger partial charge in [0.15, 0.2) is 0 Å². The number of amides is 1. The molecule has 2 N–H and O–H groups in total. The zero-order valence-corrected chi connectivity index (χ0v) is 11.5. The van der Waals surface area contributed by atoms with E-state index in [1.165, 1.54) is 0 Å². The number of carbonyl (C=O) groups excluding carboxylic acids is 1. The summed E-state index contributed by atoms with van der Waals surface area (Å²) in [5, 5.41) is 11.5. The number of aliphatic hydroxyl groups excluding tert-OH is 1. The average molecular weight is 268 g/mol. The van der Waals surface area contributed by atoms with E-state index in [1.807, 2.05) is 19.1 Å². The topological polar surface area (TPSA) is 62.2 Å². The molecule has 18 heavy (non-hydrogen) atoms. The molecule has 0 radical (unpaired) electrons. The van der Waals surface area contributed by atoms with Crippen molar-refractivity contribution in [3.05, 3.63) is 29.6 Å². The van der Waals surface area contributed by atoms with Gasteiger partial charge >= 0.3 is 0 Å². The van der Waals surface area contributed by atoms with Crippen LogP contribution in [0.15, 0.2) is 18.3 Å². The molecule has 1 aromatic heterocycles. The van der Waals surface area contributed by atoms with Gasteiger partial charge in [-0.2, -0.15) is 11.8 Å². The number of rotatable bonds is 8. The van der Waals surface area contributed by atoms with Gasteiger partial charge in [-0.05, 0) is 30.7 Å². The summed E-state index contributed by atoms with van der Waals surface area (Å²) in [6, 6.07) is 3.84. The molecule has 1 amide bonds. The van der Waals surface area contributed by atoms with E-state index < -0.39 is 0 Å². The maximum absolute atomic E-state index is 11.6. The molecule has 4 nitrogen and oxygen atoms in total. The van der Waals surface area contributed by atoms with Crippen LogP contribution < -0.4 is 5.32 Å². The molecule has 1 aromatic rings. The van der Waals surface area contributed by atoms with Crippen molar-refractivity contribution < 1.29 is 9.90 Å². The van der Waals surface area contributed by atoms with E-state index in [-0.39, 0.29) is 12.5 Å². The largest absolute Gasteiger partial charge is 0.396 e. The van der Waals surface area contributed by atoms with Crippen LogP contribution in [0.2, 0.25) is 0 Å². The Labute approximate surface area is 112 Å². The van der Waals surface area contributed by atoms with Crippen molar-refractivity contribution in [1.82, 2.24) is 10.3 Å². The van der Waals surface area contributed by atoms with Gasteiger partial charge < -0.3 is 10.4 Å². The summed E-state index contributed by atoms with van der Waals surface area (Å²) in [5.41, 5.74) is 1.89. The lowest BCUT2D eigenvalue weighted by Gasteiger charge is -2.05. The van der Waals surface area contributed by atoms with Crippen molar-refractivity contribution in [2.45, 2.75) is 19.8 Å². The molecule has 0 atom stereocenters. The number of hydrogen-bond donors (Lipinski definition) is 2. The van der Waals surface area contributed by atoms with Crippen molar-refractivity contribution >= 4 is 17.7 Å². The number of aromatic nitrogens is 1. The van der Waals surface area contributed by atoms with Crippen molar-refractivity contribution in [3.63, 3.8) is 0 Å². The molecule has 0 aromatic carbocycles. The lowest BCUT2D eigenvalue weighted by Crippen LogP contribution is -2.27. The SMILES string of the molecule is Cc1ccc(CC(=O)NCCSCCCO)cn1. The standard InChI is InChI=1S/C13H20N2O2S/c1-11-3-4-12(10-15-11)9-13(17)14-5-8-18-7-2-6-16/h3-4,10,16H,2,5-9H2,1H3,(H,14,17). The third-order valence-corrected chi connectivity index (χ3v) is 3.42. The molecule has 100 valence electrons. The van der Waals surface area contributed by atoms with Crippen LogP contribution in [0.4, 0.5) is 0 Å². The van der Waals surface area contributed by atoms with E-state index >= 15 is 0 Å². The zero-order valence-electron chi connectivity index (χ0n) is 10.7. The van der Waals surface area contributed by atoms with E-state index in [9.17, 15) is 4.79 Å². The van der Waals surface area contributed by atoms with Crippen LogP contribution in [-0.2, 0) is 11.2 Å². The molecule has 5 heteroatoms. The first-order chi connectivity index (χ1) is 8.72. The van der Waals surface area contributed by atoms with Crippen LogP contribution in [0.5, 0.6) is 0 Å². The Morgan fingerprint density at radius 1 is 1.44 bits per heavy atom. The molecule has 0 saturated heterocycles. The predicted octanol–water partition coefficient (Wildman–Crippen LogP) is 1.16. The average Bonchev–Trinajstić information content (AvgIpc) is 2.36. The highest BCUT2D eigenvalue weighted by Crippen LogP contribution is 2.02. The van der Waals surface area contributed by atoms with Gasteiger partial charge in [0.2, 0.25) is 5.91 Å². The Kier molecular flexibility index (Phi) is 7.44. The number of thioether (sulfide) groups is 1. The van der Waals surface area contributed by atoms with Crippen LogP contribution in [-0.4, -0.2) is 40.7 Å². The van der Waals surface area contributed by atoms with Gasteiger partial charge in [0.25, 0.3) is 0 Å². The molecule has 0 aliphatic rings. The number of nitrogens with one attached hydrogen (secondary N) is 1. The second-order valence-corrected chi connectivity index (χ2v) is 5.25. The van der Waals surface area contributed by atoms with Crippen molar-refractivity contribution in [1.29, 1.82) is 0 Å². The van der Waals surface area contributed by atoms with Gasteiger partial charge in [0.05, 0.1) is 6.42 Å². The van der Waals surface area contributed by atoms with Crippen molar-refractivity contribution in [2.24, 2.45) is 0 Å². The van der Waals surface area contributed by atoms with Gasteiger partial charge in [0, 0.05) is 30.8 Å². The van der Waals surface area contributed by atoms with E-state index in [0.717, 1.165) is 29.2 Å². The number of hydrogen-bond acceptors (Lipinski definition) is 4. The van der Waals surface area contributed by atoms with Gasteiger partial charge in [-0.15, -0.1) is 0 Å². The monoisotopic (exact) mass is 268 g/mol. The van der Waals surface area contributed by atoms with Crippen molar-refractivity contribution in [3.8, 4) is 0 Å². The third kappa shape index (κ3) is 6.61. The summed E-state index contributed by atoms with van der Waals surface area (Å²) in [4.78, 5) is 15.8. The molecule has 1 heterocycles. The van der Waals surface area contributed by atoms with Gasteiger partial charge in [-0.1, -0.05) is 6.07 Å². The lowest BCUT2D eigenvalue weighted by molar-refractivity contribution is -0.120. The smallest absolute Gasteiger partial charge is 0.224 e. The highest BCUT2D eigenvalue weighted by Gasteiger charge is 2.02. The molecule has 0 saturated carbocycles. The van der Waals surface area contributed by atoms with E-state index in [2.05, 4.69) is 10.3 Å². The number of aryl methyl sites for hydroxylation is 1. The van der Waals surface area contributed by atoms with Crippen LogP contribution in [0, 0.1) is 6.92 Å². The molecule has 0 bridgehead atoms. The summed E-state index contributed by atoms with van der Waals surface area (Å²) in [6.07, 6.45) is 2.94. The number of aliphatic hydroxyl groups is 1. The molecule has 0 aliphatic heterocycles. The van der Waals surface area contributed by atoms with Gasteiger partial charge in [-0.3, -0.25) is 9.78 Å². The van der Waals surface area contributed by atoms with E-state index in [4.69, 9.17) is 5.11 Å². The maximum Gasteiger partial charge on any atom is 0.224 e. The Morgan fingerprint density at radius 2 is 2.28 bits per heavy atom. The van der Waals surface area contributed by atoms with Crippen LogP contribution in [0.25, 0.3) is 0 Å². The third-order valence-electron chi connectivity index (χ3n) is 2.35. The number of pyridine rings is 1. The Balaban J connectivity index is 2.12. The van der Waals surface area contributed by atoms with Gasteiger partial charge in [0.1, 0.15) is 0 Å². The van der Waals surface area contributed by atoms with Crippen molar-refractivity contribution in [2.75, 3.05) is 24.7 Å². The maximum atomic E-state index is 11.6. The highest BCUT2D eigenvalue weighted by atomic mass is 32.2. The van der Waals surface area contributed by atoms with Crippen LogP contribution >= 0.6 is 11.8 Å². The fourth-order valence-electron chi connectivity index (χ4n) is 1.38. The van der Waals surface area contributed by atoms with Gasteiger partial charge in [-0.25, -0.2) is 0 Å². The fraction of sp³-hybridized carbons (Fsp3) is 0.538. The first-order valence-corrected chi connectivity index (χ1v) is 7.24. The number of carbonyl (C=O) groups is 1.